The van der Waals surface area contributed by atoms with Crippen LogP contribution in [0.1, 0.15) is 5.56 Å². The summed E-state index contributed by atoms with van der Waals surface area (Å²) in [6.07, 6.45) is 0. The van der Waals surface area contributed by atoms with Gasteiger partial charge in [-0.2, -0.15) is 0 Å². The second-order valence-corrected chi connectivity index (χ2v) is 3.56. The van der Waals surface area contributed by atoms with Crippen LogP contribution in [0.2, 0.25) is 0 Å². The van der Waals surface area contributed by atoms with Gasteiger partial charge in [-0.1, -0.05) is 12.1 Å². The van der Waals surface area contributed by atoms with Crippen molar-refractivity contribution in [2.75, 3.05) is 0 Å². The molecule has 2 aromatic carbocycles. The first-order chi connectivity index (χ1) is 8.13. The zero-order chi connectivity index (χ0) is 12.3. The Labute approximate surface area is 97.1 Å². The van der Waals surface area contributed by atoms with Crippen LogP contribution < -0.4 is 4.74 Å². The fourth-order valence-corrected chi connectivity index (χ4v) is 1.38. The van der Waals surface area contributed by atoms with Crippen LogP contribution in [0, 0.1) is 11.6 Å². The summed E-state index contributed by atoms with van der Waals surface area (Å²) in [7, 11) is 0. The smallest absolute Gasteiger partial charge is 0.130 e. The lowest BCUT2D eigenvalue weighted by molar-refractivity contribution is 0.302. The number of benzene rings is 2. The van der Waals surface area contributed by atoms with Gasteiger partial charge in [0.05, 0.1) is 0 Å². The van der Waals surface area contributed by atoms with Crippen LogP contribution in [0.25, 0.3) is 0 Å². The maximum Gasteiger partial charge on any atom is 0.130 e. The molecule has 0 bridgehead atoms. The monoisotopic (exact) mass is 236 g/mol. The van der Waals surface area contributed by atoms with Crippen molar-refractivity contribution in [3.8, 4) is 11.5 Å². The van der Waals surface area contributed by atoms with E-state index in [1.54, 1.807) is 12.1 Å². The van der Waals surface area contributed by atoms with Crippen LogP contribution in [-0.2, 0) is 6.61 Å². The molecule has 0 aliphatic heterocycles. The Hall–Kier alpha value is -2.10. The number of phenols is 1. The fourth-order valence-electron chi connectivity index (χ4n) is 1.38. The van der Waals surface area contributed by atoms with Gasteiger partial charge in [0.1, 0.15) is 29.7 Å². The molecular formula is C13H10F2O2. The molecule has 1 N–H and O–H groups in total. The van der Waals surface area contributed by atoms with Gasteiger partial charge in [-0.3, -0.25) is 0 Å². The lowest BCUT2D eigenvalue weighted by atomic mass is 10.2. The Balaban J connectivity index is 2.04. The number of rotatable bonds is 3. The van der Waals surface area contributed by atoms with Gasteiger partial charge in [0.15, 0.2) is 0 Å². The fraction of sp³-hybridized carbons (Fsp3) is 0.0769. The molecule has 0 unspecified atom stereocenters. The third-order valence-corrected chi connectivity index (χ3v) is 2.17. The summed E-state index contributed by atoms with van der Waals surface area (Å²) in [4.78, 5) is 0. The Kier molecular flexibility index (Phi) is 3.23. The number of hydrogen-bond acceptors (Lipinski definition) is 2. The van der Waals surface area contributed by atoms with E-state index in [0.717, 1.165) is 11.6 Å². The molecule has 2 nitrogen and oxygen atoms in total. The maximum absolute atomic E-state index is 12.9. The first-order valence-corrected chi connectivity index (χ1v) is 5.00. The molecule has 0 aliphatic carbocycles. The number of phenolic OH excluding ortho intramolecular Hbond substituents is 1. The van der Waals surface area contributed by atoms with Gasteiger partial charge in [-0.25, -0.2) is 8.78 Å². The highest BCUT2D eigenvalue weighted by molar-refractivity contribution is 5.33. The topological polar surface area (TPSA) is 29.5 Å². The summed E-state index contributed by atoms with van der Waals surface area (Å²) in [5.41, 5.74) is 0.759. The van der Waals surface area contributed by atoms with Crippen molar-refractivity contribution in [3.63, 3.8) is 0 Å². The van der Waals surface area contributed by atoms with Crippen LogP contribution in [0.15, 0.2) is 42.5 Å². The van der Waals surface area contributed by atoms with E-state index in [1.807, 2.05) is 0 Å². The summed E-state index contributed by atoms with van der Waals surface area (Å²) < 4.78 is 30.8. The number of ether oxygens (including phenoxy) is 1. The highest BCUT2D eigenvalue weighted by Gasteiger charge is 2.01. The minimum absolute atomic E-state index is 0.184. The van der Waals surface area contributed by atoms with Crippen molar-refractivity contribution in [2.45, 2.75) is 6.61 Å². The highest BCUT2D eigenvalue weighted by Crippen LogP contribution is 2.21. The van der Waals surface area contributed by atoms with Crippen LogP contribution >= 0.6 is 0 Å². The van der Waals surface area contributed by atoms with Gasteiger partial charge in [0.2, 0.25) is 0 Å². The quantitative estimate of drug-likeness (QED) is 0.886. The molecule has 0 atom stereocenters. The third-order valence-electron chi connectivity index (χ3n) is 2.17. The molecule has 88 valence electrons. The highest BCUT2D eigenvalue weighted by atomic mass is 19.1. The van der Waals surface area contributed by atoms with Crippen molar-refractivity contribution >= 4 is 0 Å². The molecule has 0 radical (unpaired) electrons. The van der Waals surface area contributed by atoms with E-state index in [9.17, 15) is 8.78 Å². The number of hydrogen-bond donors (Lipinski definition) is 1. The lowest BCUT2D eigenvalue weighted by Crippen LogP contribution is -1.95. The van der Waals surface area contributed by atoms with Crippen molar-refractivity contribution in [2.24, 2.45) is 0 Å². The Morgan fingerprint density at radius 2 is 1.65 bits per heavy atom. The van der Waals surface area contributed by atoms with E-state index >= 15 is 0 Å². The van der Waals surface area contributed by atoms with Crippen LogP contribution in [0.3, 0.4) is 0 Å². The largest absolute Gasteiger partial charge is 0.508 e. The predicted molar refractivity (Wildman–Crippen MR) is 58.8 cm³/mol. The average Bonchev–Trinajstić information content (AvgIpc) is 2.27. The summed E-state index contributed by atoms with van der Waals surface area (Å²) in [6.45, 7) is 0.184. The zero-order valence-corrected chi connectivity index (χ0v) is 8.86. The SMILES string of the molecule is Oc1cc(F)cc(OCc2ccc(F)cc2)c1. The Morgan fingerprint density at radius 1 is 0.941 bits per heavy atom. The van der Waals surface area contributed by atoms with Gasteiger partial charge in [0.25, 0.3) is 0 Å². The summed E-state index contributed by atoms with van der Waals surface area (Å²) >= 11 is 0. The molecule has 0 amide bonds. The molecule has 0 aliphatic rings. The van der Waals surface area contributed by atoms with Crippen LogP contribution in [0.5, 0.6) is 11.5 Å². The van der Waals surface area contributed by atoms with Gasteiger partial charge in [-0.15, -0.1) is 0 Å². The molecule has 17 heavy (non-hydrogen) atoms. The summed E-state index contributed by atoms with van der Waals surface area (Å²) in [5.74, 6) is -0.859. The Morgan fingerprint density at radius 3 is 2.29 bits per heavy atom. The molecule has 0 heterocycles. The standard InChI is InChI=1S/C13H10F2O2/c14-10-3-1-9(2-4-10)8-17-13-6-11(15)5-12(16)7-13/h1-7,16H,8H2. The van der Waals surface area contributed by atoms with Crippen molar-refractivity contribution in [3.05, 3.63) is 59.7 Å². The molecular weight excluding hydrogens is 226 g/mol. The molecule has 0 saturated carbocycles. The van der Waals surface area contributed by atoms with Gasteiger partial charge < -0.3 is 9.84 Å². The molecule has 0 spiro atoms. The molecule has 4 heteroatoms. The van der Waals surface area contributed by atoms with E-state index in [0.29, 0.717) is 0 Å². The Bertz CT molecular complexity index is 489. The van der Waals surface area contributed by atoms with E-state index in [4.69, 9.17) is 9.84 Å². The third kappa shape index (κ3) is 3.17. The second kappa shape index (κ2) is 4.82. The molecule has 0 saturated heterocycles. The lowest BCUT2D eigenvalue weighted by Gasteiger charge is -2.06. The van der Waals surface area contributed by atoms with Crippen molar-refractivity contribution in [1.29, 1.82) is 0 Å². The summed E-state index contributed by atoms with van der Waals surface area (Å²) in [6, 6.07) is 9.27. The first-order valence-electron chi connectivity index (χ1n) is 5.00. The maximum atomic E-state index is 12.9. The molecule has 0 aromatic heterocycles. The normalized spacial score (nSPS) is 10.2. The first kappa shape index (κ1) is 11.4. The number of halogens is 2. The van der Waals surface area contributed by atoms with E-state index < -0.39 is 5.82 Å². The minimum atomic E-state index is -0.570. The van der Waals surface area contributed by atoms with Crippen molar-refractivity contribution in [1.82, 2.24) is 0 Å². The second-order valence-electron chi connectivity index (χ2n) is 3.56. The number of aromatic hydroxyl groups is 1. The van der Waals surface area contributed by atoms with Gasteiger partial charge >= 0.3 is 0 Å². The van der Waals surface area contributed by atoms with Gasteiger partial charge in [-0.05, 0) is 17.7 Å². The minimum Gasteiger partial charge on any atom is -0.508 e. The zero-order valence-electron chi connectivity index (χ0n) is 8.86. The predicted octanol–water partition coefficient (Wildman–Crippen LogP) is 3.25. The van der Waals surface area contributed by atoms with Crippen molar-refractivity contribution < 1.29 is 18.6 Å². The average molecular weight is 236 g/mol. The van der Waals surface area contributed by atoms with Gasteiger partial charge in [0, 0.05) is 18.2 Å². The van der Waals surface area contributed by atoms with Crippen LogP contribution in [-0.4, -0.2) is 5.11 Å². The van der Waals surface area contributed by atoms with E-state index in [-0.39, 0.29) is 23.9 Å². The molecule has 0 fully saturated rings. The van der Waals surface area contributed by atoms with E-state index in [2.05, 4.69) is 0 Å². The molecule has 2 aromatic rings. The van der Waals surface area contributed by atoms with E-state index in [1.165, 1.54) is 24.3 Å². The summed E-state index contributed by atoms with van der Waals surface area (Å²) in [5, 5.41) is 9.16. The van der Waals surface area contributed by atoms with Crippen LogP contribution in [0.4, 0.5) is 8.78 Å². The molecule has 2 rings (SSSR count).